The predicted molar refractivity (Wildman–Crippen MR) is 105 cm³/mol. The Morgan fingerprint density at radius 1 is 1.29 bits per heavy atom. The van der Waals surface area contributed by atoms with Crippen LogP contribution in [0.4, 0.5) is 4.79 Å². The van der Waals surface area contributed by atoms with E-state index in [-0.39, 0.29) is 30.3 Å². The highest BCUT2D eigenvalue weighted by molar-refractivity contribution is 6.09. The smallest absolute Gasteiger partial charge is 0.325 e. The van der Waals surface area contributed by atoms with E-state index in [9.17, 15) is 14.4 Å². The van der Waals surface area contributed by atoms with E-state index >= 15 is 0 Å². The third-order valence-corrected chi connectivity index (χ3v) is 5.59. The summed E-state index contributed by atoms with van der Waals surface area (Å²) in [5.41, 5.74) is -0.0981. The summed E-state index contributed by atoms with van der Waals surface area (Å²) in [7, 11) is 1.57. The monoisotopic (exact) mass is 387 g/mol. The molecule has 2 aliphatic rings. The van der Waals surface area contributed by atoms with Crippen molar-refractivity contribution < 1.29 is 19.1 Å². The topological polar surface area (TPSA) is 87.7 Å². The van der Waals surface area contributed by atoms with Gasteiger partial charge in [0.05, 0.1) is 7.11 Å². The molecule has 0 unspecified atom stereocenters. The molecule has 28 heavy (non-hydrogen) atoms. The molecule has 2 atom stereocenters. The third-order valence-electron chi connectivity index (χ3n) is 5.59. The summed E-state index contributed by atoms with van der Waals surface area (Å²) >= 11 is 0. The fraction of sp³-hybridized carbons (Fsp3) is 0.571. The number of rotatable bonds is 5. The van der Waals surface area contributed by atoms with Crippen LogP contribution in [0.2, 0.25) is 0 Å². The molecule has 7 nitrogen and oxygen atoms in total. The lowest BCUT2D eigenvalue weighted by Gasteiger charge is -2.43. The third kappa shape index (κ3) is 3.98. The summed E-state index contributed by atoms with van der Waals surface area (Å²) in [4.78, 5) is 39.0. The number of para-hydroxylation sites is 1. The summed E-state index contributed by atoms with van der Waals surface area (Å²) < 4.78 is 5.27. The largest absolute Gasteiger partial charge is 0.496 e. The zero-order valence-corrected chi connectivity index (χ0v) is 17.0. The van der Waals surface area contributed by atoms with Gasteiger partial charge in [-0.1, -0.05) is 39.0 Å². The Balaban J connectivity index is 1.65. The minimum atomic E-state index is -0.888. The second-order valence-corrected chi connectivity index (χ2v) is 8.85. The molecule has 1 aromatic carbocycles. The molecule has 1 spiro atoms. The first-order valence-electron chi connectivity index (χ1n) is 9.68. The van der Waals surface area contributed by atoms with E-state index in [0.717, 1.165) is 16.9 Å². The van der Waals surface area contributed by atoms with Crippen molar-refractivity contribution in [2.24, 2.45) is 11.3 Å². The van der Waals surface area contributed by atoms with E-state index in [1.165, 1.54) is 0 Å². The number of urea groups is 1. The molecule has 0 radical (unpaired) electrons. The number of amides is 4. The predicted octanol–water partition coefficient (Wildman–Crippen LogP) is 2.45. The summed E-state index contributed by atoms with van der Waals surface area (Å²) in [5, 5.41) is 5.66. The highest BCUT2D eigenvalue weighted by Crippen LogP contribution is 2.46. The fourth-order valence-electron chi connectivity index (χ4n) is 4.89. The van der Waals surface area contributed by atoms with Crippen molar-refractivity contribution >= 4 is 17.8 Å². The quantitative estimate of drug-likeness (QED) is 0.760. The van der Waals surface area contributed by atoms with Crippen LogP contribution in [0.25, 0.3) is 0 Å². The number of benzene rings is 1. The molecule has 1 aliphatic heterocycles. The number of carbonyl (C=O) groups excluding carboxylic acids is 3. The molecule has 2 N–H and O–H groups in total. The van der Waals surface area contributed by atoms with Crippen LogP contribution in [-0.2, 0) is 16.1 Å². The van der Waals surface area contributed by atoms with Crippen molar-refractivity contribution in [3.8, 4) is 5.75 Å². The molecule has 1 saturated heterocycles. The van der Waals surface area contributed by atoms with E-state index < -0.39 is 11.6 Å². The van der Waals surface area contributed by atoms with Crippen LogP contribution < -0.4 is 15.4 Å². The molecule has 1 aliphatic carbocycles. The van der Waals surface area contributed by atoms with Gasteiger partial charge in [-0.15, -0.1) is 0 Å². The van der Waals surface area contributed by atoms with Crippen molar-refractivity contribution in [3.63, 3.8) is 0 Å². The average molecular weight is 387 g/mol. The Bertz CT molecular complexity index is 792. The van der Waals surface area contributed by atoms with Crippen molar-refractivity contribution in [1.82, 2.24) is 15.5 Å². The van der Waals surface area contributed by atoms with Gasteiger partial charge < -0.3 is 15.4 Å². The van der Waals surface area contributed by atoms with Gasteiger partial charge >= 0.3 is 6.03 Å². The lowest BCUT2D eigenvalue weighted by atomic mass is 9.64. The van der Waals surface area contributed by atoms with E-state index in [2.05, 4.69) is 31.4 Å². The summed E-state index contributed by atoms with van der Waals surface area (Å²) in [6.07, 6.45) is 2.21. The number of hydrogen-bond donors (Lipinski definition) is 2. The van der Waals surface area contributed by atoms with Gasteiger partial charge in [-0.3, -0.25) is 14.5 Å². The van der Waals surface area contributed by atoms with Crippen LogP contribution in [0.3, 0.4) is 0 Å². The average Bonchev–Trinajstić information content (AvgIpc) is 2.81. The van der Waals surface area contributed by atoms with Gasteiger partial charge in [-0.05, 0) is 36.7 Å². The van der Waals surface area contributed by atoms with E-state index in [1.54, 1.807) is 7.11 Å². The normalized spacial score (nSPS) is 26.3. The number of hydrogen-bond acceptors (Lipinski definition) is 4. The number of carbonyl (C=O) groups is 3. The highest BCUT2D eigenvalue weighted by atomic mass is 16.5. The Morgan fingerprint density at radius 3 is 2.68 bits per heavy atom. The zero-order chi connectivity index (χ0) is 20.5. The number of imide groups is 1. The van der Waals surface area contributed by atoms with Gasteiger partial charge in [0.25, 0.3) is 5.91 Å². The highest BCUT2D eigenvalue weighted by Gasteiger charge is 2.56. The number of methoxy groups -OCH3 is 1. The van der Waals surface area contributed by atoms with Gasteiger partial charge in [-0.2, -0.15) is 0 Å². The van der Waals surface area contributed by atoms with Crippen LogP contribution in [0.15, 0.2) is 24.3 Å². The van der Waals surface area contributed by atoms with E-state index in [0.29, 0.717) is 24.5 Å². The van der Waals surface area contributed by atoms with Crippen LogP contribution in [0, 0.1) is 11.3 Å². The first-order chi connectivity index (χ1) is 13.2. The Labute approximate surface area is 165 Å². The van der Waals surface area contributed by atoms with E-state index in [1.807, 2.05) is 24.3 Å². The lowest BCUT2D eigenvalue weighted by molar-refractivity contribution is -0.137. The van der Waals surface area contributed by atoms with Crippen LogP contribution in [0.1, 0.15) is 45.6 Å². The molecular weight excluding hydrogens is 358 g/mol. The molecule has 0 bridgehead atoms. The van der Waals surface area contributed by atoms with E-state index in [4.69, 9.17) is 4.74 Å². The van der Waals surface area contributed by atoms with Crippen molar-refractivity contribution in [3.05, 3.63) is 29.8 Å². The summed E-state index contributed by atoms with van der Waals surface area (Å²) in [6.45, 7) is 6.32. The number of ether oxygens (including phenoxy) is 1. The van der Waals surface area contributed by atoms with Crippen LogP contribution >= 0.6 is 0 Å². The van der Waals surface area contributed by atoms with Gasteiger partial charge in [0, 0.05) is 12.1 Å². The maximum Gasteiger partial charge on any atom is 0.325 e. The standard InChI is InChI=1S/C21H29N3O4/c1-14-9-20(2,3)13-21(10-14)18(26)24(19(27)23-21)12-17(25)22-11-15-7-5-6-8-16(15)28-4/h5-8,14H,9-13H2,1-4H3,(H,22,25)(H,23,27)/t14-,21-/m1/s1. The molecule has 0 aromatic heterocycles. The molecule has 4 amide bonds. The molecule has 152 valence electrons. The lowest BCUT2D eigenvalue weighted by Crippen LogP contribution is -2.54. The Morgan fingerprint density at radius 2 is 2.00 bits per heavy atom. The summed E-state index contributed by atoms with van der Waals surface area (Å²) in [5.74, 6) is 0.335. The number of nitrogens with one attached hydrogen (secondary N) is 2. The second kappa shape index (κ2) is 7.45. The SMILES string of the molecule is COc1ccccc1CNC(=O)CN1C(=O)N[C@@]2(C[C@H](C)CC(C)(C)C2)C1=O. The minimum Gasteiger partial charge on any atom is -0.496 e. The Kier molecular flexibility index (Phi) is 5.37. The first kappa shape index (κ1) is 20.2. The van der Waals surface area contributed by atoms with Gasteiger partial charge in [0.1, 0.15) is 17.8 Å². The van der Waals surface area contributed by atoms with Crippen molar-refractivity contribution in [1.29, 1.82) is 0 Å². The minimum absolute atomic E-state index is 0.0390. The molecule has 1 aromatic rings. The Hall–Kier alpha value is -2.57. The van der Waals surface area contributed by atoms with Gasteiger partial charge in [0.2, 0.25) is 5.91 Å². The maximum absolute atomic E-state index is 13.1. The molecule has 3 rings (SSSR count). The second-order valence-electron chi connectivity index (χ2n) is 8.85. The zero-order valence-electron chi connectivity index (χ0n) is 17.0. The fourth-order valence-corrected chi connectivity index (χ4v) is 4.89. The molecule has 7 heteroatoms. The molecule has 1 heterocycles. The van der Waals surface area contributed by atoms with Crippen LogP contribution in [0.5, 0.6) is 5.75 Å². The first-order valence-corrected chi connectivity index (χ1v) is 9.68. The number of nitrogens with zero attached hydrogens (tertiary/aromatic N) is 1. The van der Waals surface area contributed by atoms with Crippen molar-refractivity contribution in [2.75, 3.05) is 13.7 Å². The molecular formula is C21H29N3O4. The summed E-state index contributed by atoms with van der Waals surface area (Å²) in [6, 6.07) is 6.89. The van der Waals surface area contributed by atoms with Gasteiger partial charge in [0.15, 0.2) is 0 Å². The van der Waals surface area contributed by atoms with Gasteiger partial charge in [-0.25, -0.2) is 4.79 Å². The molecule has 2 fully saturated rings. The van der Waals surface area contributed by atoms with Crippen LogP contribution in [-0.4, -0.2) is 41.9 Å². The maximum atomic E-state index is 13.1. The van der Waals surface area contributed by atoms with Crippen molar-refractivity contribution in [2.45, 2.75) is 52.1 Å². The molecule has 1 saturated carbocycles.